The lowest BCUT2D eigenvalue weighted by atomic mass is 9.82. The Labute approximate surface area is 172 Å². The van der Waals surface area contributed by atoms with Gasteiger partial charge in [0.1, 0.15) is 11.6 Å². The van der Waals surface area contributed by atoms with Gasteiger partial charge in [-0.25, -0.2) is 9.38 Å². The highest BCUT2D eigenvalue weighted by molar-refractivity contribution is 6.08. The van der Waals surface area contributed by atoms with Gasteiger partial charge < -0.3 is 10.5 Å². The summed E-state index contributed by atoms with van der Waals surface area (Å²) in [6, 6.07) is 9.64. The van der Waals surface area contributed by atoms with Crippen molar-refractivity contribution in [1.82, 2.24) is 4.90 Å². The van der Waals surface area contributed by atoms with Crippen LogP contribution in [0.2, 0.25) is 0 Å². The lowest BCUT2D eigenvalue weighted by Gasteiger charge is -2.26. The van der Waals surface area contributed by atoms with Crippen LogP contribution in [0.4, 0.5) is 13.2 Å². The fourth-order valence-corrected chi connectivity index (χ4v) is 3.13. The first-order valence-corrected chi connectivity index (χ1v) is 9.15. The van der Waals surface area contributed by atoms with E-state index in [-0.39, 0.29) is 23.2 Å². The first-order chi connectivity index (χ1) is 14.1. The van der Waals surface area contributed by atoms with Crippen LogP contribution in [-0.4, -0.2) is 30.4 Å². The molecule has 0 fully saturated rings. The molecule has 0 bridgehead atoms. The third-order valence-electron chi connectivity index (χ3n) is 4.62. The number of likely N-dealkylation sites (N-methyl/N-ethyl adjacent to an activating group) is 1. The summed E-state index contributed by atoms with van der Waals surface area (Å²) in [7, 11) is 1.47. The fraction of sp³-hybridized carbons (Fsp3) is 0.273. The van der Waals surface area contributed by atoms with Crippen molar-refractivity contribution < 1.29 is 22.7 Å². The number of nitrogens with zero attached hydrogens (tertiary/aromatic N) is 2. The number of halogens is 3. The second-order valence-electron chi connectivity index (χ2n) is 7.07. The zero-order valence-corrected chi connectivity index (χ0v) is 16.6. The number of carbonyl (C=O) groups is 1. The van der Waals surface area contributed by atoms with E-state index in [1.54, 1.807) is 0 Å². The van der Waals surface area contributed by atoms with E-state index in [1.807, 2.05) is 13.8 Å². The first kappa shape index (κ1) is 21.2. The Kier molecular flexibility index (Phi) is 5.74. The number of hydrogen-bond donors (Lipinski definition) is 1. The molecule has 0 spiro atoms. The zero-order chi connectivity index (χ0) is 22.1. The van der Waals surface area contributed by atoms with Gasteiger partial charge >= 0.3 is 6.61 Å². The molecule has 3 rings (SSSR count). The number of alkyl halides is 2. The van der Waals surface area contributed by atoms with Crippen LogP contribution in [0.1, 0.15) is 30.5 Å². The summed E-state index contributed by atoms with van der Waals surface area (Å²) in [5.74, 6) is 4.62. The maximum Gasteiger partial charge on any atom is 0.387 e. The highest BCUT2D eigenvalue weighted by Gasteiger charge is 2.49. The van der Waals surface area contributed by atoms with Crippen molar-refractivity contribution in [3.8, 4) is 17.6 Å². The Morgan fingerprint density at radius 3 is 2.30 bits per heavy atom. The molecule has 0 aromatic heterocycles. The van der Waals surface area contributed by atoms with E-state index in [2.05, 4.69) is 21.6 Å². The van der Waals surface area contributed by atoms with Crippen molar-refractivity contribution in [1.29, 1.82) is 0 Å². The number of aliphatic imine (C=N–C) groups is 1. The second-order valence-corrected chi connectivity index (χ2v) is 7.07. The van der Waals surface area contributed by atoms with Crippen LogP contribution in [0.3, 0.4) is 0 Å². The molecule has 8 heteroatoms. The average Bonchev–Trinajstić information content (AvgIpc) is 2.92. The maximum atomic E-state index is 14.3. The van der Waals surface area contributed by atoms with E-state index in [0.717, 1.165) is 0 Å². The van der Waals surface area contributed by atoms with Gasteiger partial charge in [-0.2, -0.15) is 8.78 Å². The first-order valence-electron chi connectivity index (χ1n) is 9.15. The molecular formula is C22H20F3N3O2. The molecule has 156 valence electrons. The number of hydrogen-bond acceptors (Lipinski definition) is 4. The number of amides is 1. The van der Waals surface area contributed by atoms with E-state index in [4.69, 9.17) is 5.73 Å². The van der Waals surface area contributed by atoms with Crippen LogP contribution in [-0.2, 0) is 10.3 Å². The summed E-state index contributed by atoms with van der Waals surface area (Å²) in [4.78, 5) is 18.8. The molecule has 1 aliphatic heterocycles. The van der Waals surface area contributed by atoms with Gasteiger partial charge in [0.05, 0.1) is 5.56 Å². The SMILES string of the molecule is CC(C)C#Cc1cc(C2(c3ccc(OC(F)F)cc3)N=C(N)N(C)C2=O)ccc1F. The fourth-order valence-electron chi connectivity index (χ4n) is 3.13. The standard InChI is InChI=1S/C22H20F3N3O2/c1-13(2)4-5-14-12-16(8-11-18(14)23)22(19(29)28(3)21(26)27-22)15-6-9-17(10-7-15)30-20(24)25/h6-13,20H,1-3H3,(H2,26,27). The predicted molar refractivity (Wildman–Crippen MR) is 106 cm³/mol. The molecule has 1 atom stereocenters. The van der Waals surface area contributed by atoms with Crippen LogP contribution in [0.5, 0.6) is 5.75 Å². The summed E-state index contributed by atoms with van der Waals surface area (Å²) in [6.07, 6.45) is 0. The summed E-state index contributed by atoms with van der Waals surface area (Å²) in [6.45, 7) is 0.774. The monoisotopic (exact) mass is 415 g/mol. The average molecular weight is 415 g/mol. The van der Waals surface area contributed by atoms with Crippen molar-refractivity contribution in [3.63, 3.8) is 0 Å². The summed E-state index contributed by atoms with van der Waals surface area (Å²) >= 11 is 0. The Balaban J connectivity index is 2.18. The Hall–Kier alpha value is -3.47. The van der Waals surface area contributed by atoms with Crippen molar-refractivity contribution in [2.24, 2.45) is 16.6 Å². The van der Waals surface area contributed by atoms with Crippen LogP contribution in [0.15, 0.2) is 47.5 Å². The highest BCUT2D eigenvalue weighted by atomic mass is 19.3. The Bertz CT molecular complexity index is 1060. The minimum atomic E-state index is -2.98. The molecule has 2 N–H and O–H groups in total. The molecule has 5 nitrogen and oxygen atoms in total. The molecule has 0 radical (unpaired) electrons. The second kappa shape index (κ2) is 8.11. The summed E-state index contributed by atoms with van der Waals surface area (Å²) < 4.78 is 43.6. The van der Waals surface area contributed by atoms with Crippen LogP contribution in [0.25, 0.3) is 0 Å². The molecular weight excluding hydrogens is 395 g/mol. The molecule has 2 aromatic rings. The molecule has 1 heterocycles. The molecule has 0 saturated heterocycles. The largest absolute Gasteiger partial charge is 0.435 e. The van der Waals surface area contributed by atoms with Gasteiger partial charge in [-0.05, 0) is 35.4 Å². The van der Waals surface area contributed by atoms with E-state index in [9.17, 15) is 18.0 Å². The van der Waals surface area contributed by atoms with Crippen LogP contribution < -0.4 is 10.5 Å². The molecule has 0 saturated carbocycles. The molecule has 30 heavy (non-hydrogen) atoms. The highest BCUT2D eigenvalue weighted by Crippen LogP contribution is 2.40. The van der Waals surface area contributed by atoms with E-state index in [0.29, 0.717) is 11.1 Å². The summed E-state index contributed by atoms with van der Waals surface area (Å²) in [5.41, 5.74) is 5.17. The third-order valence-corrected chi connectivity index (χ3v) is 4.62. The van der Waals surface area contributed by atoms with Gasteiger partial charge in [-0.15, -0.1) is 0 Å². The van der Waals surface area contributed by atoms with Crippen molar-refractivity contribution in [2.75, 3.05) is 7.05 Å². The Morgan fingerprint density at radius 1 is 1.13 bits per heavy atom. The van der Waals surface area contributed by atoms with E-state index in [1.165, 1.54) is 54.4 Å². The third kappa shape index (κ3) is 3.83. The lowest BCUT2D eigenvalue weighted by molar-refractivity contribution is -0.129. The van der Waals surface area contributed by atoms with Crippen molar-refractivity contribution in [3.05, 3.63) is 65.0 Å². The van der Waals surface area contributed by atoms with Gasteiger partial charge in [0.2, 0.25) is 0 Å². The van der Waals surface area contributed by atoms with Gasteiger partial charge in [0, 0.05) is 13.0 Å². The van der Waals surface area contributed by atoms with Crippen LogP contribution >= 0.6 is 0 Å². The normalized spacial score (nSPS) is 18.5. The predicted octanol–water partition coefficient (Wildman–Crippen LogP) is 3.46. The molecule has 1 unspecified atom stereocenters. The van der Waals surface area contributed by atoms with E-state index >= 15 is 0 Å². The number of rotatable bonds is 4. The molecule has 1 aliphatic rings. The molecule has 1 amide bonds. The number of benzene rings is 2. The smallest absolute Gasteiger partial charge is 0.387 e. The van der Waals surface area contributed by atoms with Crippen molar-refractivity contribution >= 4 is 11.9 Å². The number of nitrogens with two attached hydrogens (primary N) is 1. The minimum absolute atomic E-state index is 0.0213. The van der Waals surface area contributed by atoms with Gasteiger partial charge in [-0.3, -0.25) is 9.69 Å². The molecule has 0 aliphatic carbocycles. The number of guanidine groups is 1. The minimum Gasteiger partial charge on any atom is -0.435 e. The number of carbonyl (C=O) groups excluding carboxylic acids is 1. The van der Waals surface area contributed by atoms with Crippen molar-refractivity contribution in [2.45, 2.75) is 26.0 Å². The zero-order valence-electron chi connectivity index (χ0n) is 16.6. The topological polar surface area (TPSA) is 67.9 Å². The lowest BCUT2D eigenvalue weighted by Crippen LogP contribution is -2.41. The van der Waals surface area contributed by atoms with Gasteiger partial charge in [0.25, 0.3) is 5.91 Å². The Morgan fingerprint density at radius 2 is 1.77 bits per heavy atom. The number of ether oxygens (including phenoxy) is 1. The maximum absolute atomic E-state index is 14.3. The quantitative estimate of drug-likeness (QED) is 0.778. The summed E-state index contributed by atoms with van der Waals surface area (Å²) in [5, 5.41) is 0. The van der Waals surface area contributed by atoms with Gasteiger partial charge in [-0.1, -0.05) is 43.9 Å². The van der Waals surface area contributed by atoms with E-state index < -0.39 is 23.9 Å². The van der Waals surface area contributed by atoms with Crippen LogP contribution in [0, 0.1) is 23.6 Å². The molecule has 2 aromatic carbocycles. The van der Waals surface area contributed by atoms with Gasteiger partial charge in [0.15, 0.2) is 11.5 Å².